The fourth-order valence-corrected chi connectivity index (χ4v) is 1.38. The van der Waals surface area contributed by atoms with Crippen LogP contribution in [0.5, 0.6) is 0 Å². The number of carboxylic acids is 1. The summed E-state index contributed by atoms with van der Waals surface area (Å²) < 4.78 is 0. The lowest BCUT2D eigenvalue weighted by molar-refractivity contribution is -0.135. The molecule has 0 aromatic heterocycles. The first-order valence-corrected chi connectivity index (χ1v) is 5.82. The Morgan fingerprint density at radius 2 is 1.94 bits per heavy atom. The highest BCUT2D eigenvalue weighted by molar-refractivity contribution is 5.79. The van der Waals surface area contributed by atoms with Gasteiger partial charge in [0.05, 0.1) is 0 Å². The van der Waals surface area contributed by atoms with Crippen molar-refractivity contribution in [2.75, 3.05) is 6.54 Å². The highest BCUT2D eigenvalue weighted by Gasteiger charge is 2.07. The summed E-state index contributed by atoms with van der Waals surface area (Å²) in [6.45, 7) is 3.74. The third kappa shape index (κ3) is 9.30. The van der Waals surface area contributed by atoms with Crippen molar-refractivity contribution in [1.82, 2.24) is 10.6 Å². The van der Waals surface area contributed by atoms with Crippen LogP contribution in [0.4, 0.5) is 4.79 Å². The van der Waals surface area contributed by atoms with Crippen LogP contribution in [-0.4, -0.2) is 29.7 Å². The van der Waals surface area contributed by atoms with Gasteiger partial charge in [-0.15, -0.1) is 0 Å². The van der Waals surface area contributed by atoms with Gasteiger partial charge in [0.15, 0.2) is 0 Å². The Morgan fingerprint density at radius 1 is 1.25 bits per heavy atom. The molecule has 0 heterocycles. The second kappa shape index (κ2) is 9.00. The van der Waals surface area contributed by atoms with Crippen LogP contribution in [0.3, 0.4) is 0 Å². The molecule has 0 saturated carbocycles. The summed E-state index contributed by atoms with van der Waals surface area (Å²) in [6.07, 6.45) is 5.62. The van der Waals surface area contributed by atoms with Crippen molar-refractivity contribution in [3.05, 3.63) is 0 Å². The minimum absolute atomic E-state index is 0.0886. The van der Waals surface area contributed by atoms with Crippen molar-refractivity contribution >= 4 is 12.0 Å². The van der Waals surface area contributed by atoms with Crippen molar-refractivity contribution in [3.8, 4) is 0 Å². The molecule has 3 N–H and O–H groups in total. The molecule has 94 valence electrons. The van der Waals surface area contributed by atoms with Crippen LogP contribution >= 0.6 is 0 Å². The van der Waals surface area contributed by atoms with Crippen molar-refractivity contribution in [3.63, 3.8) is 0 Å². The van der Waals surface area contributed by atoms with Gasteiger partial charge in [0.2, 0.25) is 0 Å². The molecule has 5 nitrogen and oxygen atoms in total. The third-order valence-corrected chi connectivity index (χ3v) is 2.27. The highest BCUT2D eigenvalue weighted by atomic mass is 16.4. The summed E-state index contributed by atoms with van der Waals surface area (Å²) in [5, 5.41) is 13.3. The Labute approximate surface area is 96.6 Å². The Morgan fingerprint density at radius 3 is 2.50 bits per heavy atom. The van der Waals surface area contributed by atoms with Gasteiger partial charge in [0.25, 0.3) is 0 Å². The van der Waals surface area contributed by atoms with Crippen molar-refractivity contribution in [1.29, 1.82) is 0 Å². The molecular formula is C11H22N2O3. The molecule has 0 rings (SSSR count). The topological polar surface area (TPSA) is 78.4 Å². The van der Waals surface area contributed by atoms with E-state index in [0.717, 1.165) is 12.8 Å². The van der Waals surface area contributed by atoms with E-state index in [2.05, 4.69) is 17.6 Å². The van der Waals surface area contributed by atoms with Gasteiger partial charge in [0.1, 0.15) is 6.54 Å². The van der Waals surface area contributed by atoms with E-state index in [0.29, 0.717) is 0 Å². The number of carbonyl (C=O) groups excluding carboxylic acids is 1. The van der Waals surface area contributed by atoms with E-state index in [9.17, 15) is 9.59 Å². The number of carboxylic acid groups (broad SMARTS) is 1. The smallest absolute Gasteiger partial charge is 0.323 e. The number of hydrogen-bond acceptors (Lipinski definition) is 2. The summed E-state index contributed by atoms with van der Waals surface area (Å²) >= 11 is 0. The first-order chi connectivity index (χ1) is 7.56. The maximum atomic E-state index is 11.2. The molecule has 2 amide bonds. The lowest BCUT2D eigenvalue weighted by Gasteiger charge is -2.13. The Kier molecular flexibility index (Phi) is 8.29. The van der Waals surface area contributed by atoms with Gasteiger partial charge >= 0.3 is 12.0 Å². The van der Waals surface area contributed by atoms with Crippen molar-refractivity contribution in [2.24, 2.45) is 0 Å². The first kappa shape index (κ1) is 14.7. The third-order valence-electron chi connectivity index (χ3n) is 2.27. The molecule has 0 radical (unpaired) electrons. The number of rotatable bonds is 8. The van der Waals surface area contributed by atoms with E-state index in [1.807, 2.05) is 6.92 Å². The molecule has 0 bridgehead atoms. The molecule has 0 spiro atoms. The van der Waals surface area contributed by atoms with E-state index in [-0.39, 0.29) is 12.6 Å². The zero-order chi connectivity index (χ0) is 12.4. The molecule has 0 fully saturated rings. The number of unbranched alkanes of at least 4 members (excludes halogenated alkanes) is 3. The number of nitrogens with one attached hydrogen (secondary N) is 2. The summed E-state index contributed by atoms with van der Waals surface area (Å²) in [4.78, 5) is 21.4. The van der Waals surface area contributed by atoms with Gasteiger partial charge < -0.3 is 15.7 Å². The SMILES string of the molecule is CCCCCCC(C)NC(=O)NCC(=O)O. The fourth-order valence-electron chi connectivity index (χ4n) is 1.38. The van der Waals surface area contributed by atoms with E-state index >= 15 is 0 Å². The van der Waals surface area contributed by atoms with E-state index in [1.54, 1.807) is 0 Å². The minimum Gasteiger partial charge on any atom is -0.480 e. The zero-order valence-corrected chi connectivity index (χ0v) is 10.1. The summed E-state index contributed by atoms with van der Waals surface area (Å²) in [6, 6.07) is -0.323. The van der Waals surface area contributed by atoms with Crippen LogP contribution in [0, 0.1) is 0 Å². The minimum atomic E-state index is -1.04. The molecule has 0 aliphatic heterocycles. The zero-order valence-electron chi connectivity index (χ0n) is 10.1. The van der Waals surface area contributed by atoms with Crippen LogP contribution in [0.25, 0.3) is 0 Å². The molecule has 16 heavy (non-hydrogen) atoms. The van der Waals surface area contributed by atoms with Crippen LogP contribution in [0.1, 0.15) is 46.0 Å². The molecule has 1 atom stereocenters. The average Bonchev–Trinajstić information content (AvgIpc) is 2.21. The number of carbonyl (C=O) groups is 2. The number of hydrogen-bond donors (Lipinski definition) is 3. The van der Waals surface area contributed by atoms with Crippen LogP contribution < -0.4 is 10.6 Å². The maximum Gasteiger partial charge on any atom is 0.323 e. The van der Waals surface area contributed by atoms with Gasteiger partial charge in [0, 0.05) is 6.04 Å². The van der Waals surface area contributed by atoms with Gasteiger partial charge in [-0.25, -0.2) is 4.79 Å². The molecular weight excluding hydrogens is 208 g/mol. The predicted molar refractivity (Wildman–Crippen MR) is 62.4 cm³/mol. The van der Waals surface area contributed by atoms with Crippen molar-refractivity contribution < 1.29 is 14.7 Å². The Balaban J connectivity index is 3.50. The molecule has 5 heteroatoms. The average molecular weight is 230 g/mol. The quantitative estimate of drug-likeness (QED) is 0.556. The number of urea groups is 1. The Bertz CT molecular complexity index is 219. The van der Waals surface area contributed by atoms with Crippen molar-refractivity contribution in [2.45, 2.75) is 52.0 Å². The molecule has 1 unspecified atom stereocenters. The lowest BCUT2D eigenvalue weighted by atomic mass is 10.1. The maximum absolute atomic E-state index is 11.2. The standard InChI is InChI=1S/C11H22N2O3/c1-3-4-5-6-7-9(2)13-11(16)12-8-10(14)15/h9H,3-8H2,1-2H3,(H,14,15)(H2,12,13,16). The molecule has 0 aliphatic carbocycles. The van der Waals surface area contributed by atoms with Gasteiger partial charge in [-0.2, -0.15) is 0 Å². The van der Waals surface area contributed by atoms with E-state index in [1.165, 1.54) is 19.3 Å². The van der Waals surface area contributed by atoms with E-state index in [4.69, 9.17) is 5.11 Å². The van der Waals surface area contributed by atoms with Crippen LogP contribution in [-0.2, 0) is 4.79 Å². The molecule has 0 saturated heterocycles. The Hall–Kier alpha value is -1.26. The summed E-state index contributed by atoms with van der Waals surface area (Å²) in [5.74, 6) is -1.04. The van der Waals surface area contributed by atoms with Gasteiger partial charge in [-0.05, 0) is 13.3 Å². The predicted octanol–water partition coefficient (Wildman–Crippen LogP) is 1.73. The first-order valence-electron chi connectivity index (χ1n) is 5.82. The van der Waals surface area contributed by atoms with Crippen LogP contribution in [0.15, 0.2) is 0 Å². The summed E-state index contributed by atoms with van der Waals surface area (Å²) in [5.41, 5.74) is 0. The second-order valence-electron chi connectivity index (χ2n) is 3.97. The second-order valence-corrected chi connectivity index (χ2v) is 3.97. The lowest BCUT2D eigenvalue weighted by Crippen LogP contribution is -2.42. The number of amides is 2. The molecule has 0 aromatic rings. The largest absolute Gasteiger partial charge is 0.480 e. The van der Waals surface area contributed by atoms with E-state index < -0.39 is 12.0 Å². The fraction of sp³-hybridized carbons (Fsp3) is 0.818. The highest BCUT2D eigenvalue weighted by Crippen LogP contribution is 2.04. The number of aliphatic carboxylic acids is 1. The normalized spacial score (nSPS) is 11.9. The summed E-state index contributed by atoms with van der Waals surface area (Å²) in [7, 11) is 0. The van der Waals surface area contributed by atoms with Crippen LogP contribution in [0.2, 0.25) is 0 Å². The molecule has 0 aliphatic rings. The molecule has 0 aromatic carbocycles. The van der Waals surface area contributed by atoms with Gasteiger partial charge in [-0.3, -0.25) is 4.79 Å². The van der Waals surface area contributed by atoms with Gasteiger partial charge in [-0.1, -0.05) is 32.6 Å². The monoisotopic (exact) mass is 230 g/mol.